The Balaban J connectivity index is 1.68. The highest BCUT2D eigenvalue weighted by Crippen LogP contribution is 2.67. The van der Waals surface area contributed by atoms with Gasteiger partial charge in [-0.15, -0.1) is 0 Å². The molecule has 7 heteroatoms. The van der Waals surface area contributed by atoms with Crippen LogP contribution in [0.5, 0.6) is 0 Å². The average molecular weight is 679 g/mol. The molecule has 0 aromatic carbocycles. The fourth-order valence-corrected chi connectivity index (χ4v) is 13.4. The summed E-state index contributed by atoms with van der Waals surface area (Å²) in [6, 6.07) is 0. The summed E-state index contributed by atoms with van der Waals surface area (Å²) in [5, 5.41) is 22.6. The van der Waals surface area contributed by atoms with Crippen molar-refractivity contribution in [3.8, 4) is 0 Å². The summed E-state index contributed by atoms with van der Waals surface area (Å²) in [5.74, 6) is 2.04. The van der Waals surface area contributed by atoms with Gasteiger partial charge in [0, 0.05) is 16.6 Å². The van der Waals surface area contributed by atoms with Crippen molar-refractivity contribution < 1.29 is 19.1 Å². The first-order chi connectivity index (χ1) is 20.2. The Morgan fingerprint density at radius 1 is 0.911 bits per heavy atom. The van der Waals surface area contributed by atoms with Crippen LogP contribution in [0.1, 0.15) is 115 Å². The van der Waals surface area contributed by atoms with Crippen molar-refractivity contribution in [2.75, 3.05) is 5.75 Å². The molecule has 0 radical (unpaired) electrons. The van der Waals surface area contributed by atoms with E-state index in [9.17, 15) is 10.2 Å². The molecule has 0 bridgehead atoms. The third kappa shape index (κ3) is 7.21. The van der Waals surface area contributed by atoms with Gasteiger partial charge >= 0.3 is 0 Å². The van der Waals surface area contributed by atoms with Gasteiger partial charge in [0.05, 0.1) is 23.9 Å². The van der Waals surface area contributed by atoms with E-state index in [0.29, 0.717) is 17.1 Å². The lowest BCUT2D eigenvalue weighted by Gasteiger charge is -2.59. The van der Waals surface area contributed by atoms with Gasteiger partial charge in [-0.25, -0.2) is 0 Å². The van der Waals surface area contributed by atoms with Crippen molar-refractivity contribution in [2.24, 2.45) is 28.6 Å². The summed E-state index contributed by atoms with van der Waals surface area (Å²) < 4.78 is 14.7. The monoisotopic (exact) mass is 678 g/mol. The molecule has 0 aliphatic heterocycles. The standard InChI is InChI=1S/C38H70O4SSi2/c1-25(43-21-20-36(8,9)40)33-31(39)24-30-28-17-16-26-22-27(41-44(12,13)34(2,3)4)23-32(42-45(14,15)35(5,6)7)38(26,11)29(28)18-19-37(30,33)10/h16-17,25,27,29-33,39-40H,18-24H2,1-15H3/t25-,27+,29-,30-,31-,32-,33-,37-,38-/m0/s1. The second-order valence-corrected chi connectivity index (χ2v) is 30.6. The van der Waals surface area contributed by atoms with Crippen molar-refractivity contribution in [3.05, 3.63) is 23.3 Å². The topological polar surface area (TPSA) is 58.9 Å². The Morgan fingerprint density at radius 3 is 2.04 bits per heavy atom. The summed E-state index contributed by atoms with van der Waals surface area (Å²) in [6.45, 7) is 34.9. The van der Waals surface area contributed by atoms with Crippen LogP contribution in [0.15, 0.2) is 23.3 Å². The molecule has 0 saturated heterocycles. The van der Waals surface area contributed by atoms with Crippen LogP contribution in [0.3, 0.4) is 0 Å². The first-order valence-corrected chi connectivity index (χ1v) is 24.9. The van der Waals surface area contributed by atoms with Gasteiger partial charge < -0.3 is 19.1 Å². The second-order valence-electron chi connectivity index (χ2n) is 19.6. The van der Waals surface area contributed by atoms with Crippen LogP contribution in [0, 0.1) is 28.6 Å². The largest absolute Gasteiger partial charge is 0.414 e. The van der Waals surface area contributed by atoms with E-state index < -0.39 is 22.2 Å². The summed E-state index contributed by atoms with van der Waals surface area (Å²) >= 11 is 1.94. The van der Waals surface area contributed by atoms with Crippen LogP contribution in [0.2, 0.25) is 36.3 Å². The lowest BCUT2D eigenvalue weighted by atomic mass is 9.49. The predicted octanol–water partition coefficient (Wildman–Crippen LogP) is 10.1. The Labute approximate surface area is 284 Å². The quantitative estimate of drug-likeness (QED) is 0.238. The molecule has 3 fully saturated rings. The molecule has 2 N–H and O–H groups in total. The van der Waals surface area contributed by atoms with Crippen molar-refractivity contribution in [3.63, 3.8) is 0 Å². The molecule has 4 aliphatic rings. The molecule has 4 rings (SSSR count). The zero-order chi connectivity index (χ0) is 34.2. The van der Waals surface area contributed by atoms with Gasteiger partial charge in [0.1, 0.15) is 0 Å². The number of hydrogen-bond donors (Lipinski definition) is 2. The maximum Gasteiger partial charge on any atom is 0.192 e. The van der Waals surface area contributed by atoms with E-state index in [-0.39, 0.29) is 45.1 Å². The zero-order valence-corrected chi connectivity index (χ0v) is 34.6. The van der Waals surface area contributed by atoms with E-state index in [0.717, 1.165) is 44.3 Å². The first-order valence-electron chi connectivity index (χ1n) is 18.0. The number of thioether (sulfide) groups is 1. The number of hydrogen-bond acceptors (Lipinski definition) is 5. The molecule has 0 aromatic heterocycles. The number of fused-ring (bicyclic) bond motifs is 5. The molecular weight excluding hydrogens is 609 g/mol. The SMILES string of the molecule is C[C@H](SCCC(C)(C)O)[C@H]1[C@@H](O)C[C@H]2C3=CC=C4C[C@@H](O[Si](C)(C)C(C)(C)C)C[C@H](O[Si](C)(C)C(C)(C)C)[C@]4(C)[C@H]3CC[C@]12C. The highest BCUT2D eigenvalue weighted by molar-refractivity contribution is 7.99. The van der Waals surface area contributed by atoms with Gasteiger partial charge in [-0.05, 0) is 112 Å². The van der Waals surface area contributed by atoms with Crippen LogP contribution in [-0.4, -0.2) is 61.8 Å². The lowest BCUT2D eigenvalue weighted by molar-refractivity contribution is -0.0438. The van der Waals surface area contributed by atoms with E-state index in [2.05, 4.69) is 101 Å². The third-order valence-electron chi connectivity index (χ3n) is 13.8. The normalized spacial score (nSPS) is 36.9. The van der Waals surface area contributed by atoms with Gasteiger partial charge in [0.2, 0.25) is 0 Å². The van der Waals surface area contributed by atoms with Gasteiger partial charge in [-0.3, -0.25) is 0 Å². The van der Waals surface area contributed by atoms with Crippen LogP contribution < -0.4 is 0 Å². The maximum atomic E-state index is 11.7. The molecule has 0 heterocycles. The number of aliphatic hydroxyl groups excluding tert-OH is 1. The smallest absolute Gasteiger partial charge is 0.192 e. The van der Waals surface area contributed by atoms with Gasteiger partial charge in [0.25, 0.3) is 0 Å². The molecule has 0 amide bonds. The Morgan fingerprint density at radius 2 is 1.49 bits per heavy atom. The minimum absolute atomic E-state index is 0.0513. The highest BCUT2D eigenvalue weighted by Gasteiger charge is 2.62. The molecule has 45 heavy (non-hydrogen) atoms. The molecule has 0 spiro atoms. The van der Waals surface area contributed by atoms with E-state index in [1.165, 1.54) is 5.57 Å². The van der Waals surface area contributed by atoms with Crippen molar-refractivity contribution in [2.45, 2.75) is 180 Å². The molecule has 4 aliphatic carbocycles. The van der Waals surface area contributed by atoms with Crippen molar-refractivity contribution in [1.82, 2.24) is 0 Å². The summed E-state index contributed by atoms with van der Waals surface area (Å²) in [7, 11) is -3.99. The summed E-state index contributed by atoms with van der Waals surface area (Å²) in [4.78, 5) is 0. The third-order valence-corrected chi connectivity index (χ3v) is 24.1. The molecule has 9 atom stereocenters. The first kappa shape index (κ1) is 37.9. The molecule has 0 unspecified atom stereocenters. The van der Waals surface area contributed by atoms with Gasteiger partial charge in [-0.1, -0.05) is 85.6 Å². The number of aliphatic hydroxyl groups is 2. The zero-order valence-electron chi connectivity index (χ0n) is 31.8. The molecule has 4 nitrogen and oxygen atoms in total. The summed E-state index contributed by atoms with van der Waals surface area (Å²) in [6.07, 6.45) is 10.9. The average Bonchev–Trinajstić information content (AvgIpc) is 3.12. The van der Waals surface area contributed by atoms with Crippen LogP contribution in [0.4, 0.5) is 0 Å². The Bertz CT molecular complexity index is 1140. The van der Waals surface area contributed by atoms with E-state index in [4.69, 9.17) is 8.85 Å². The minimum Gasteiger partial charge on any atom is -0.414 e. The van der Waals surface area contributed by atoms with E-state index in [1.54, 1.807) is 5.57 Å². The fourth-order valence-electron chi connectivity index (χ4n) is 8.90. The van der Waals surface area contributed by atoms with Gasteiger partial charge in [0.15, 0.2) is 16.6 Å². The van der Waals surface area contributed by atoms with Crippen molar-refractivity contribution in [1.29, 1.82) is 0 Å². The Kier molecular flexibility index (Phi) is 10.5. The number of rotatable bonds is 9. The van der Waals surface area contributed by atoms with E-state index >= 15 is 0 Å². The second kappa shape index (κ2) is 12.5. The molecule has 0 aromatic rings. The molecule has 3 saturated carbocycles. The highest BCUT2D eigenvalue weighted by atomic mass is 32.2. The predicted molar refractivity (Wildman–Crippen MR) is 199 cm³/mol. The Hall–Kier alpha value is 0.104. The van der Waals surface area contributed by atoms with E-state index in [1.807, 2.05) is 25.6 Å². The summed E-state index contributed by atoms with van der Waals surface area (Å²) in [5.41, 5.74) is 2.50. The number of allylic oxidation sites excluding steroid dienone is 3. The van der Waals surface area contributed by atoms with Crippen LogP contribution in [0.25, 0.3) is 0 Å². The fraction of sp³-hybridized carbons (Fsp3) is 0.895. The lowest BCUT2D eigenvalue weighted by Crippen LogP contribution is -2.58. The van der Waals surface area contributed by atoms with Crippen LogP contribution >= 0.6 is 11.8 Å². The maximum absolute atomic E-state index is 11.7. The van der Waals surface area contributed by atoms with Gasteiger partial charge in [-0.2, -0.15) is 11.8 Å². The van der Waals surface area contributed by atoms with Crippen molar-refractivity contribution >= 4 is 28.4 Å². The minimum atomic E-state index is -2.05. The molecular formula is C38H70O4SSi2. The molecule has 260 valence electrons. The van der Waals surface area contributed by atoms with Crippen LogP contribution in [-0.2, 0) is 8.85 Å².